The zero-order valence-electron chi connectivity index (χ0n) is 15.1. The molecule has 0 radical (unpaired) electrons. The second kappa shape index (κ2) is 9.36. The smallest absolute Gasteiger partial charge is 0.262 e. The summed E-state index contributed by atoms with van der Waals surface area (Å²) in [7, 11) is 1.56. The number of hydrogen-bond donors (Lipinski definition) is 1. The molecule has 2 rings (SSSR count). The first kappa shape index (κ1) is 19.9. The molecule has 2 aromatic rings. The quantitative estimate of drug-likeness (QED) is 0.431. The molecule has 0 aliphatic rings. The van der Waals surface area contributed by atoms with Crippen molar-refractivity contribution in [1.82, 2.24) is 14.9 Å². The van der Waals surface area contributed by atoms with Gasteiger partial charge in [-0.05, 0) is 24.1 Å². The van der Waals surface area contributed by atoms with Crippen molar-refractivity contribution in [1.29, 1.82) is 5.26 Å². The first-order valence-electron chi connectivity index (χ1n) is 8.29. The summed E-state index contributed by atoms with van der Waals surface area (Å²) in [5, 5.41) is 12.5. The van der Waals surface area contributed by atoms with Crippen LogP contribution in [0.15, 0.2) is 28.2 Å². The van der Waals surface area contributed by atoms with E-state index in [0.29, 0.717) is 41.3 Å². The Morgan fingerprint density at radius 1 is 1.46 bits per heavy atom. The monoisotopic (exact) mass is 374 g/mol. The molecule has 1 aromatic heterocycles. The number of thioether (sulfide) groups is 1. The van der Waals surface area contributed by atoms with E-state index >= 15 is 0 Å². The molecule has 0 atom stereocenters. The fraction of sp³-hybridized carbons (Fsp3) is 0.444. The number of benzene rings is 1. The van der Waals surface area contributed by atoms with Crippen LogP contribution >= 0.6 is 11.8 Å². The first-order valence-corrected chi connectivity index (χ1v) is 9.28. The van der Waals surface area contributed by atoms with Crippen molar-refractivity contribution >= 4 is 28.6 Å². The molecule has 138 valence electrons. The van der Waals surface area contributed by atoms with E-state index in [1.165, 1.54) is 11.8 Å². The highest BCUT2D eigenvalue weighted by atomic mass is 32.2. The molecule has 0 spiro atoms. The Balaban J connectivity index is 2.46. The summed E-state index contributed by atoms with van der Waals surface area (Å²) in [6, 6.07) is 6.91. The standard InChI is InChI=1S/C18H22N4O3S/c1-12(2)11-22-17(24)14-5-4-13(16(23)20-7-8-25-3)10-15(14)21-18(22)26-9-6-19/h4-5,10,12H,7-9,11H2,1-3H3,(H,20,23). The number of fused-ring (bicyclic) bond motifs is 1. The average Bonchev–Trinajstić information content (AvgIpc) is 2.62. The van der Waals surface area contributed by atoms with Gasteiger partial charge in [0.25, 0.3) is 11.5 Å². The van der Waals surface area contributed by atoms with Crippen molar-refractivity contribution in [2.75, 3.05) is 26.0 Å². The molecule has 7 nitrogen and oxygen atoms in total. The third kappa shape index (κ3) is 4.84. The molecular weight excluding hydrogens is 352 g/mol. The van der Waals surface area contributed by atoms with Crippen LogP contribution in [-0.4, -0.2) is 41.5 Å². The molecule has 0 saturated carbocycles. The predicted molar refractivity (Wildman–Crippen MR) is 101 cm³/mol. The highest BCUT2D eigenvalue weighted by Crippen LogP contribution is 2.19. The maximum absolute atomic E-state index is 12.8. The molecule has 1 amide bonds. The Labute approximate surface area is 156 Å². The largest absolute Gasteiger partial charge is 0.383 e. The number of carbonyl (C=O) groups is 1. The van der Waals surface area contributed by atoms with Crippen LogP contribution in [0.4, 0.5) is 0 Å². The molecule has 0 aliphatic heterocycles. The lowest BCUT2D eigenvalue weighted by molar-refractivity contribution is 0.0937. The minimum absolute atomic E-state index is 0.157. The molecule has 0 aliphatic carbocycles. The van der Waals surface area contributed by atoms with Gasteiger partial charge in [-0.1, -0.05) is 25.6 Å². The van der Waals surface area contributed by atoms with E-state index in [1.807, 2.05) is 13.8 Å². The second-order valence-electron chi connectivity index (χ2n) is 6.13. The maximum Gasteiger partial charge on any atom is 0.262 e. The summed E-state index contributed by atoms with van der Waals surface area (Å²) in [4.78, 5) is 29.6. The molecule has 1 N–H and O–H groups in total. The summed E-state index contributed by atoms with van der Waals surface area (Å²) in [6.07, 6.45) is 0. The van der Waals surface area contributed by atoms with Crippen LogP contribution < -0.4 is 10.9 Å². The number of nitrogens with zero attached hydrogens (tertiary/aromatic N) is 3. The fourth-order valence-corrected chi connectivity index (χ4v) is 3.11. The second-order valence-corrected chi connectivity index (χ2v) is 7.07. The zero-order chi connectivity index (χ0) is 19.1. The van der Waals surface area contributed by atoms with Crippen LogP contribution in [0, 0.1) is 17.2 Å². The number of amides is 1. The minimum atomic E-state index is -0.247. The summed E-state index contributed by atoms with van der Waals surface area (Å²) < 4.78 is 6.52. The molecule has 1 heterocycles. The Morgan fingerprint density at radius 2 is 2.23 bits per heavy atom. The van der Waals surface area contributed by atoms with E-state index < -0.39 is 0 Å². The maximum atomic E-state index is 12.8. The highest BCUT2D eigenvalue weighted by molar-refractivity contribution is 7.99. The van der Waals surface area contributed by atoms with Crippen LogP contribution in [0.3, 0.4) is 0 Å². The number of nitrogens with one attached hydrogen (secondary N) is 1. The van der Waals surface area contributed by atoms with Crippen LogP contribution in [-0.2, 0) is 11.3 Å². The van der Waals surface area contributed by atoms with E-state index in [1.54, 1.807) is 29.9 Å². The van der Waals surface area contributed by atoms with Crippen LogP contribution in [0.5, 0.6) is 0 Å². The number of aromatic nitrogens is 2. The number of hydrogen-bond acceptors (Lipinski definition) is 6. The van der Waals surface area contributed by atoms with Crippen molar-refractivity contribution in [3.05, 3.63) is 34.1 Å². The third-order valence-electron chi connectivity index (χ3n) is 3.59. The van der Waals surface area contributed by atoms with Crippen molar-refractivity contribution in [2.24, 2.45) is 5.92 Å². The van der Waals surface area contributed by atoms with Gasteiger partial charge in [-0.15, -0.1) is 0 Å². The van der Waals surface area contributed by atoms with Crippen LogP contribution in [0.1, 0.15) is 24.2 Å². The van der Waals surface area contributed by atoms with Crippen LogP contribution in [0.2, 0.25) is 0 Å². The molecule has 0 fully saturated rings. The summed E-state index contributed by atoms with van der Waals surface area (Å²) in [5.41, 5.74) is 0.726. The minimum Gasteiger partial charge on any atom is -0.383 e. The average molecular weight is 374 g/mol. The number of ether oxygens (including phenoxy) is 1. The van der Waals surface area contributed by atoms with Gasteiger partial charge in [0.1, 0.15) is 0 Å². The number of rotatable bonds is 8. The number of nitriles is 1. The fourth-order valence-electron chi connectivity index (χ4n) is 2.44. The van der Waals surface area contributed by atoms with E-state index in [9.17, 15) is 9.59 Å². The number of carbonyl (C=O) groups excluding carboxylic acids is 1. The lowest BCUT2D eigenvalue weighted by Crippen LogP contribution is -2.28. The van der Waals surface area contributed by atoms with Gasteiger partial charge >= 0.3 is 0 Å². The predicted octanol–water partition coefficient (Wildman–Crippen LogP) is 2.04. The van der Waals surface area contributed by atoms with Gasteiger partial charge in [-0.3, -0.25) is 14.2 Å². The van der Waals surface area contributed by atoms with Gasteiger partial charge in [0, 0.05) is 25.8 Å². The van der Waals surface area contributed by atoms with Crippen molar-refractivity contribution in [2.45, 2.75) is 25.5 Å². The molecule has 8 heteroatoms. The molecule has 0 unspecified atom stereocenters. The van der Waals surface area contributed by atoms with Gasteiger partial charge in [0.2, 0.25) is 0 Å². The van der Waals surface area contributed by atoms with Crippen LogP contribution in [0.25, 0.3) is 10.9 Å². The Hall–Kier alpha value is -2.37. The lowest BCUT2D eigenvalue weighted by atomic mass is 10.1. The Morgan fingerprint density at radius 3 is 2.88 bits per heavy atom. The van der Waals surface area contributed by atoms with Gasteiger partial charge in [0.05, 0.1) is 29.3 Å². The van der Waals surface area contributed by atoms with Gasteiger partial charge < -0.3 is 10.1 Å². The van der Waals surface area contributed by atoms with E-state index in [2.05, 4.69) is 16.4 Å². The topological polar surface area (TPSA) is 97.0 Å². The highest BCUT2D eigenvalue weighted by Gasteiger charge is 2.14. The molecule has 1 aromatic carbocycles. The Kier molecular flexibility index (Phi) is 7.18. The number of methoxy groups -OCH3 is 1. The molecule has 0 saturated heterocycles. The van der Waals surface area contributed by atoms with E-state index in [0.717, 1.165) is 0 Å². The van der Waals surface area contributed by atoms with Gasteiger partial charge in [-0.2, -0.15) is 5.26 Å². The van der Waals surface area contributed by atoms with Crippen molar-refractivity contribution in [3.8, 4) is 6.07 Å². The molecule has 0 bridgehead atoms. The normalized spacial score (nSPS) is 10.9. The third-order valence-corrected chi connectivity index (χ3v) is 4.43. The molecular formula is C18H22N4O3S. The zero-order valence-corrected chi connectivity index (χ0v) is 15.9. The summed E-state index contributed by atoms with van der Waals surface area (Å²) >= 11 is 1.22. The van der Waals surface area contributed by atoms with Crippen molar-refractivity contribution in [3.63, 3.8) is 0 Å². The SMILES string of the molecule is COCCNC(=O)c1ccc2c(=O)n(CC(C)C)c(SCC#N)nc2c1. The lowest BCUT2D eigenvalue weighted by Gasteiger charge is -2.14. The molecule has 26 heavy (non-hydrogen) atoms. The van der Waals surface area contributed by atoms with Crippen molar-refractivity contribution < 1.29 is 9.53 Å². The van der Waals surface area contributed by atoms with Gasteiger partial charge in [-0.25, -0.2) is 4.98 Å². The summed E-state index contributed by atoms with van der Waals surface area (Å²) in [6.45, 7) is 5.38. The van der Waals surface area contributed by atoms with Gasteiger partial charge in [0.15, 0.2) is 5.16 Å². The Bertz CT molecular complexity index is 886. The first-order chi connectivity index (χ1) is 12.5. The van der Waals surface area contributed by atoms with E-state index in [-0.39, 0.29) is 23.1 Å². The summed E-state index contributed by atoms with van der Waals surface area (Å²) in [5.74, 6) is 0.218. The van der Waals surface area contributed by atoms with E-state index in [4.69, 9.17) is 10.00 Å².